The topological polar surface area (TPSA) is 77.5 Å². The third-order valence-corrected chi connectivity index (χ3v) is 16.3. The van der Waals surface area contributed by atoms with Crippen molar-refractivity contribution in [2.24, 2.45) is 40.4 Å². The number of ether oxygens (including phenoxy) is 2. The number of allylic oxidation sites excluding steroid dienone is 5. The first kappa shape index (κ1) is 32.5. The number of hydrogen-bond acceptors (Lipinski definition) is 8. The summed E-state index contributed by atoms with van der Waals surface area (Å²) in [5.41, 5.74) is 4.83. The number of esters is 2. The van der Waals surface area contributed by atoms with E-state index in [4.69, 9.17) is 9.47 Å². The lowest BCUT2D eigenvalue weighted by Gasteiger charge is -2.56. The first-order chi connectivity index (χ1) is 24.0. The molecule has 6 aliphatic carbocycles. The Bertz CT molecular complexity index is 1660. The summed E-state index contributed by atoms with van der Waals surface area (Å²) in [4.78, 5) is 33.2. The second-order valence-corrected chi connectivity index (χ2v) is 18.7. The van der Waals surface area contributed by atoms with Gasteiger partial charge in [0.05, 0.1) is 16.9 Å². The third-order valence-electron chi connectivity index (χ3n) is 14.0. The second kappa shape index (κ2) is 13.0. The molecule has 9 aliphatic rings. The number of rotatable bonds is 3. The molecule has 0 amide bonds. The zero-order valence-corrected chi connectivity index (χ0v) is 30.5. The highest BCUT2D eigenvalue weighted by molar-refractivity contribution is 8.76. The lowest BCUT2D eigenvalue weighted by Crippen LogP contribution is -2.52. The Labute approximate surface area is 299 Å². The van der Waals surface area contributed by atoms with Crippen LogP contribution in [0.1, 0.15) is 109 Å². The number of fused-ring (bicyclic) bond motifs is 3. The van der Waals surface area contributed by atoms with E-state index >= 15 is 0 Å². The van der Waals surface area contributed by atoms with Gasteiger partial charge in [-0.05, 0) is 117 Å². The number of hydrogen-bond donors (Lipinski definition) is 1. The maximum absolute atomic E-state index is 14.3. The standard InChI is InChI=1S/C41H50N2O4S2/c1-2-40(16-6-7-17-40)22-32-30-12-11-29-28-14-18-41(36(29)35(30)38(44)46-32)33-13-10-27(26-8-4-3-5-9-26)23-48-49-24-43-34-21-25(15-19-42-34)20-31(28)37(41)39(45)47-33/h13,15,19,21-22,26-29,36H,2-12,14,16-18,20,23-24H2,1H3,(H,42,43)/t27-,28-,29+,36+,41-/m1/s1. The Morgan fingerprint density at radius 2 is 1.84 bits per heavy atom. The molecule has 4 heterocycles. The van der Waals surface area contributed by atoms with Gasteiger partial charge in [0.15, 0.2) is 0 Å². The van der Waals surface area contributed by atoms with Gasteiger partial charge in [-0.15, -0.1) is 0 Å². The summed E-state index contributed by atoms with van der Waals surface area (Å²) in [6, 6.07) is 4.26. The normalized spacial score (nSPS) is 35.1. The first-order valence-corrected chi connectivity index (χ1v) is 21.8. The van der Waals surface area contributed by atoms with Crippen molar-refractivity contribution in [3.05, 3.63) is 69.9 Å². The highest BCUT2D eigenvalue weighted by Gasteiger charge is 2.68. The molecule has 10 rings (SSSR count). The van der Waals surface area contributed by atoms with Crippen molar-refractivity contribution in [1.29, 1.82) is 0 Å². The van der Waals surface area contributed by atoms with Gasteiger partial charge >= 0.3 is 11.9 Å². The molecule has 1 aromatic rings. The molecule has 1 N–H and O–H groups in total. The molecular weight excluding hydrogens is 649 g/mol. The van der Waals surface area contributed by atoms with Crippen molar-refractivity contribution in [2.75, 3.05) is 16.9 Å². The highest BCUT2D eigenvalue weighted by Crippen LogP contribution is 2.71. The zero-order valence-electron chi connectivity index (χ0n) is 28.9. The fourth-order valence-electron chi connectivity index (χ4n) is 11.6. The van der Waals surface area contributed by atoms with Gasteiger partial charge in [-0.1, -0.05) is 79.0 Å². The minimum absolute atomic E-state index is 0.0717. The molecule has 1 spiro atoms. The van der Waals surface area contributed by atoms with Gasteiger partial charge in [-0.3, -0.25) is 0 Å². The average molecular weight is 699 g/mol. The van der Waals surface area contributed by atoms with Crippen LogP contribution in [0.3, 0.4) is 0 Å². The summed E-state index contributed by atoms with van der Waals surface area (Å²) in [6.07, 6.45) is 24.4. The van der Waals surface area contributed by atoms with Crippen molar-refractivity contribution in [3.8, 4) is 0 Å². The Hall–Kier alpha value is -2.45. The molecule has 7 bridgehead atoms. The van der Waals surface area contributed by atoms with Crippen LogP contribution in [0.4, 0.5) is 5.82 Å². The molecule has 3 aliphatic heterocycles. The van der Waals surface area contributed by atoms with E-state index in [1.165, 1.54) is 68.9 Å². The number of nitrogens with one attached hydrogen (secondary N) is 1. The zero-order chi connectivity index (χ0) is 33.2. The predicted molar refractivity (Wildman–Crippen MR) is 196 cm³/mol. The fourth-order valence-corrected chi connectivity index (χ4v) is 13.8. The maximum Gasteiger partial charge on any atom is 0.340 e. The molecule has 3 saturated carbocycles. The number of pyridine rings is 1. The van der Waals surface area contributed by atoms with Crippen LogP contribution in [-0.4, -0.2) is 28.6 Å². The van der Waals surface area contributed by atoms with E-state index in [1.807, 2.05) is 27.8 Å². The van der Waals surface area contributed by atoms with Crippen LogP contribution in [0, 0.1) is 40.4 Å². The molecular formula is C41H50N2O4S2. The summed E-state index contributed by atoms with van der Waals surface area (Å²) in [5.74, 6) is 5.82. The summed E-state index contributed by atoms with van der Waals surface area (Å²) in [5, 5.41) is 3.55. The van der Waals surface area contributed by atoms with E-state index < -0.39 is 5.41 Å². The van der Waals surface area contributed by atoms with E-state index in [2.05, 4.69) is 41.5 Å². The summed E-state index contributed by atoms with van der Waals surface area (Å²) >= 11 is 0. The van der Waals surface area contributed by atoms with Crippen molar-refractivity contribution in [1.82, 2.24) is 4.98 Å². The molecule has 260 valence electrons. The van der Waals surface area contributed by atoms with Crippen LogP contribution in [0.15, 0.2) is 64.3 Å². The smallest absolute Gasteiger partial charge is 0.340 e. The van der Waals surface area contributed by atoms with Gasteiger partial charge in [-0.2, -0.15) is 0 Å². The molecule has 8 heteroatoms. The number of nitrogens with zero attached hydrogens (tertiary/aromatic N) is 1. The lowest BCUT2D eigenvalue weighted by molar-refractivity contribution is -0.135. The van der Waals surface area contributed by atoms with Crippen LogP contribution in [0.25, 0.3) is 0 Å². The summed E-state index contributed by atoms with van der Waals surface area (Å²) in [6.45, 7) is 2.28. The third kappa shape index (κ3) is 5.39. The molecule has 1 aromatic heterocycles. The number of cyclic esters (lactones) is 1. The lowest BCUT2D eigenvalue weighted by atomic mass is 9.44. The van der Waals surface area contributed by atoms with Crippen LogP contribution in [0.5, 0.6) is 0 Å². The van der Waals surface area contributed by atoms with E-state index in [-0.39, 0.29) is 29.2 Å². The van der Waals surface area contributed by atoms with E-state index in [1.54, 1.807) is 0 Å². The van der Waals surface area contributed by atoms with Gasteiger partial charge < -0.3 is 14.8 Å². The fraction of sp³-hybridized carbons (Fsp3) is 0.634. The van der Waals surface area contributed by atoms with Crippen molar-refractivity contribution in [2.45, 2.75) is 110 Å². The molecule has 6 nitrogen and oxygen atoms in total. The largest absolute Gasteiger partial charge is 0.427 e. The van der Waals surface area contributed by atoms with E-state index in [0.29, 0.717) is 17.8 Å². The monoisotopic (exact) mass is 698 g/mol. The Balaban J connectivity index is 1.19. The number of anilines is 1. The van der Waals surface area contributed by atoms with Gasteiger partial charge in [0.1, 0.15) is 17.3 Å². The number of carbonyl (C=O) groups is 2. The van der Waals surface area contributed by atoms with Crippen molar-refractivity contribution >= 4 is 39.3 Å². The van der Waals surface area contributed by atoms with Crippen LogP contribution in [0.2, 0.25) is 0 Å². The molecule has 0 radical (unpaired) electrons. The first-order valence-electron chi connectivity index (χ1n) is 19.3. The van der Waals surface area contributed by atoms with E-state index in [0.717, 1.165) is 90.6 Å². The van der Waals surface area contributed by atoms with Crippen molar-refractivity contribution in [3.63, 3.8) is 0 Å². The van der Waals surface area contributed by atoms with E-state index in [9.17, 15) is 9.59 Å². The number of aromatic nitrogens is 1. The summed E-state index contributed by atoms with van der Waals surface area (Å²) in [7, 11) is 3.83. The molecule has 0 aromatic carbocycles. The molecule has 5 atom stereocenters. The Morgan fingerprint density at radius 3 is 2.67 bits per heavy atom. The van der Waals surface area contributed by atoms with Crippen LogP contribution >= 0.6 is 21.6 Å². The maximum atomic E-state index is 14.3. The SMILES string of the molecule is CCC1(C=C2OC(=O)C3=C2CC[C@@H]2[C@@H]3[C@]34CC[C@H]2C2=C3C(=O)OC4=CC[C@@H](C3CCCCC3)CSSCNc3cc(ccn3)C2)CCCC1. The average Bonchev–Trinajstić information content (AvgIpc) is 3.81. The number of carbonyl (C=O) groups excluding carboxylic acids is 2. The van der Waals surface area contributed by atoms with Gasteiger partial charge in [0.25, 0.3) is 0 Å². The summed E-state index contributed by atoms with van der Waals surface area (Å²) < 4.78 is 12.8. The van der Waals surface area contributed by atoms with Crippen LogP contribution < -0.4 is 5.32 Å². The molecule has 4 fully saturated rings. The Kier molecular flexibility index (Phi) is 8.58. The van der Waals surface area contributed by atoms with Crippen molar-refractivity contribution < 1.29 is 19.1 Å². The molecule has 0 unspecified atom stereocenters. The minimum Gasteiger partial charge on any atom is -0.427 e. The Morgan fingerprint density at radius 1 is 0.980 bits per heavy atom. The molecule has 1 saturated heterocycles. The quantitative estimate of drug-likeness (QED) is 0.247. The molecule has 49 heavy (non-hydrogen) atoms. The van der Waals surface area contributed by atoms with Crippen LogP contribution in [-0.2, 0) is 25.5 Å². The minimum atomic E-state index is -0.596. The highest BCUT2D eigenvalue weighted by atomic mass is 33.1. The predicted octanol–water partition coefficient (Wildman–Crippen LogP) is 9.86. The van der Waals surface area contributed by atoms with Gasteiger partial charge in [0.2, 0.25) is 0 Å². The van der Waals surface area contributed by atoms with Gasteiger partial charge in [-0.25, -0.2) is 14.6 Å². The second-order valence-electron chi connectivity index (χ2n) is 16.2. The van der Waals surface area contributed by atoms with Gasteiger partial charge in [0, 0.05) is 29.0 Å².